The summed E-state index contributed by atoms with van der Waals surface area (Å²) >= 11 is 10.4. The van der Waals surface area contributed by atoms with E-state index in [2.05, 4.69) is 34.1 Å². The van der Waals surface area contributed by atoms with Gasteiger partial charge in [-0.05, 0) is 79.9 Å². The largest absolute Gasteiger partial charge is 0.493 e. The van der Waals surface area contributed by atoms with Crippen molar-refractivity contribution in [3.8, 4) is 11.5 Å². The molecule has 1 fully saturated rings. The molecule has 5 rings (SSSR count). The molecule has 0 atom stereocenters. The third-order valence-corrected chi connectivity index (χ3v) is 7.90. The molecule has 2 amide bonds. The van der Waals surface area contributed by atoms with Gasteiger partial charge in [0.25, 0.3) is 11.1 Å². The molecule has 1 saturated heterocycles. The second kappa shape index (κ2) is 11.2. The first-order valence-electron chi connectivity index (χ1n) is 11.5. The summed E-state index contributed by atoms with van der Waals surface area (Å²) in [6.07, 6.45) is 1.59. The fourth-order valence-corrected chi connectivity index (χ4v) is 5.80. The number of ether oxygens (including phenoxy) is 2. The summed E-state index contributed by atoms with van der Waals surface area (Å²) in [5.74, 6) is -0.123. The lowest BCUT2D eigenvalue weighted by molar-refractivity contribution is -0.123. The summed E-state index contributed by atoms with van der Waals surface area (Å²) in [6, 6.07) is 21.9. The summed E-state index contributed by atoms with van der Waals surface area (Å²) < 4.78 is 26.6. The number of fused-ring (bicyclic) bond motifs is 1. The van der Waals surface area contributed by atoms with Gasteiger partial charge in [0.15, 0.2) is 11.5 Å². The SMILES string of the molecule is COc1cc(/C=C2\SC(=O)N(Cc3c(F)cccc3Cl)C2=O)cc(Br)c1OCc1cccc2ccccc12. The van der Waals surface area contributed by atoms with E-state index in [1.54, 1.807) is 18.2 Å². The number of carbonyl (C=O) groups excluding carboxylic acids is 2. The Morgan fingerprint density at radius 2 is 1.82 bits per heavy atom. The van der Waals surface area contributed by atoms with Crippen molar-refractivity contribution >= 4 is 67.3 Å². The zero-order chi connectivity index (χ0) is 26.8. The fraction of sp³-hybridized carbons (Fsp3) is 0.103. The second-order valence-corrected chi connectivity index (χ2v) is 10.7. The lowest BCUT2D eigenvalue weighted by Crippen LogP contribution is -2.28. The molecule has 1 aliphatic heterocycles. The van der Waals surface area contributed by atoms with E-state index < -0.39 is 17.0 Å². The maximum absolute atomic E-state index is 14.2. The molecule has 1 heterocycles. The van der Waals surface area contributed by atoms with Gasteiger partial charge in [0.05, 0.1) is 23.0 Å². The molecule has 38 heavy (non-hydrogen) atoms. The monoisotopic (exact) mass is 611 g/mol. The number of hydrogen-bond acceptors (Lipinski definition) is 5. The quantitative estimate of drug-likeness (QED) is 0.197. The van der Waals surface area contributed by atoms with Gasteiger partial charge in [-0.25, -0.2) is 4.39 Å². The number of hydrogen-bond donors (Lipinski definition) is 0. The summed E-state index contributed by atoms with van der Waals surface area (Å²) in [4.78, 5) is 26.8. The van der Waals surface area contributed by atoms with Gasteiger partial charge in [-0.2, -0.15) is 0 Å². The zero-order valence-corrected chi connectivity index (χ0v) is 23.2. The molecular formula is C29H20BrClFNO4S. The van der Waals surface area contributed by atoms with Crippen molar-refractivity contribution in [3.05, 3.63) is 110 Å². The van der Waals surface area contributed by atoms with Gasteiger partial charge in [-0.1, -0.05) is 60.1 Å². The summed E-state index contributed by atoms with van der Waals surface area (Å²) in [5, 5.41) is 1.89. The summed E-state index contributed by atoms with van der Waals surface area (Å²) in [5.41, 5.74) is 1.75. The second-order valence-electron chi connectivity index (χ2n) is 8.43. The third-order valence-electron chi connectivity index (χ3n) is 6.05. The fourth-order valence-electron chi connectivity index (χ4n) is 4.16. The number of halogens is 3. The van der Waals surface area contributed by atoms with Gasteiger partial charge in [-0.15, -0.1) is 0 Å². The van der Waals surface area contributed by atoms with Crippen LogP contribution in [0, 0.1) is 5.82 Å². The third kappa shape index (κ3) is 5.29. The number of amides is 2. The molecule has 0 saturated carbocycles. The van der Waals surface area contributed by atoms with Crippen LogP contribution in [-0.4, -0.2) is 23.2 Å². The van der Waals surface area contributed by atoms with Crippen LogP contribution >= 0.6 is 39.3 Å². The molecule has 0 N–H and O–H groups in total. The van der Waals surface area contributed by atoms with E-state index in [-0.39, 0.29) is 22.0 Å². The van der Waals surface area contributed by atoms with Crippen LogP contribution in [0.4, 0.5) is 9.18 Å². The Morgan fingerprint density at radius 3 is 2.61 bits per heavy atom. The van der Waals surface area contributed by atoms with E-state index in [9.17, 15) is 14.0 Å². The molecule has 1 aliphatic rings. The maximum atomic E-state index is 14.2. The van der Waals surface area contributed by atoms with Gasteiger partial charge in [0.2, 0.25) is 0 Å². The number of carbonyl (C=O) groups is 2. The van der Waals surface area contributed by atoms with Gasteiger partial charge < -0.3 is 9.47 Å². The minimum absolute atomic E-state index is 0.0924. The van der Waals surface area contributed by atoms with Crippen molar-refractivity contribution in [1.82, 2.24) is 4.90 Å². The van der Waals surface area contributed by atoms with Crippen LogP contribution in [0.25, 0.3) is 16.8 Å². The van der Waals surface area contributed by atoms with E-state index in [0.717, 1.165) is 33.0 Å². The average molecular weight is 613 g/mol. The van der Waals surface area contributed by atoms with E-state index in [1.807, 2.05) is 24.3 Å². The van der Waals surface area contributed by atoms with E-state index in [1.165, 1.54) is 25.3 Å². The van der Waals surface area contributed by atoms with Crippen molar-refractivity contribution < 1.29 is 23.5 Å². The van der Waals surface area contributed by atoms with E-state index in [0.29, 0.717) is 28.1 Å². The molecule has 0 bridgehead atoms. The molecule has 0 spiro atoms. The van der Waals surface area contributed by atoms with Gasteiger partial charge in [0, 0.05) is 10.6 Å². The smallest absolute Gasteiger partial charge is 0.293 e. The first kappa shape index (κ1) is 26.3. The Balaban J connectivity index is 1.37. The Labute approximate surface area is 236 Å². The number of methoxy groups -OCH3 is 1. The Bertz CT molecular complexity index is 1580. The Kier molecular flexibility index (Phi) is 7.74. The van der Waals surface area contributed by atoms with Crippen LogP contribution < -0.4 is 9.47 Å². The van der Waals surface area contributed by atoms with Crippen molar-refractivity contribution in [3.63, 3.8) is 0 Å². The van der Waals surface area contributed by atoms with Gasteiger partial charge in [-0.3, -0.25) is 14.5 Å². The topological polar surface area (TPSA) is 55.8 Å². The molecule has 0 aromatic heterocycles. The highest BCUT2D eigenvalue weighted by Crippen LogP contribution is 2.40. The van der Waals surface area contributed by atoms with Crippen LogP contribution in [0.5, 0.6) is 11.5 Å². The minimum Gasteiger partial charge on any atom is -0.493 e. The summed E-state index contributed by atoms with van der Waals surface area (Å²) in [7, 11) is 1.53. The predicted molar refractivity (Wildman–Crippen MR) is 152 cm³/mol. The van der Waals surface area contributed by atoms with Crippen LogP contribution in [0.2, 0.25) is 5.02 Å². The lowest BCUT2D eigenvalue weighted by atomic mass is 10.1. The first-order valence-corrected chi connectivity index (χ1v) is 13.5. The molecule has 0 aliphatic carbocycles. The Morgan fingerprint density at radius 1 is 1.05 bits per heavy atom. The Hall–Kier alpha value is -3.33. The molecule has 9 heteroatoms. The highest BCUT2D eigenvalue weighted by Gasteiger charge is 2.36. The van der Waals surface area contributed by atoms with Crippen molar-refractivity contribution in [1.29, 1.82) is 0 Å². The number of benzene rings is 4. The van der Waals surface area contributed by atoms with Crippen molar-refractivity contribution in [2.75, 3.05) is 7.11 Å². The van der Waals surface area contributed by atoms with Gasteiger partial charge >= 0.3 is 0 Å². The van der Waals surface area contributed by atoms with Crippen molar-refractivity contribution in [2.24, 2.45) is 0 Å². The highest BCUT2D eigenvalue weighted by atomic mass is 79.9. The predicted octanol–water partition coefficient (Wildman–Crippen LogP) is 8.22. The standard InChI is InChI=1S/C29H20BrClFNO4S/c1-36-25-13-17(12-22(30)27(25)37-16-19-8-4-7-18-6-2-3-9-20(18)19)14-26-28(34)33(29(35)38-26)15-21-23(31)10-5-11-24(21)32/h2-14H,15-16H2,1H3/b26-14-. The first-order chi connectivity index (χ1) is 18.4. The normalized spacial score (nSPS) is 14.5. The number of nitrogens with zero attached hydrogens (tertiary/aromatic N) is 1. The lowest BCUT2D eigenvalue weighted by Gasteiger charge is -2.15. The maximum Gasteiger partial charge on any atom is 0.293 e. The van der Waals surface area contributed by atoms with Crippen LogP contribution in [0.1, 0.15) is 16.7 Å². The minimum atomic E-state index is -0.576. The molecule has 0 radical (unpaired) electrons. The van der Waals surface area contributed by atoms with Crippen LogP contribution in [0.15, 0.2) is 82.2 Å². The molecule has 5 nitrogen and oxygen atoms in total. The average Bonchev–Trinajstić information content (AvgIpc) is 3.17. The van der Waals surface area contributed by atoms with E-state index >= 15 is 0 Å². The molecular weight excluding hydrogens is 593 g/mol. The van der Waals surface area contributed by atoms with Crippen molar-refractivity contribution in [2.45, 2.75) is 13.2 Å². The number of rotatable bonds is 7. The number of thioether (sulfide) groups is 1. The molecule has 0 unspecified atom stereocenters. The molecule has 4 aromatic rings. The molecule has 4 aromatic carbocycles. The highest BCUT2D eigenvalue weighted by molar-refractivity contribution is 9.10. The zero-order valence-electron chi connectivity index (χ0n) is 20.0. The summed E-state index contributed by atoms with van der Waals surface area (Å²) in [6.45, 7) is 0.0780. The number of imide groups is 1. The van der Waals surface area contributed by atoms with Gasteiger partial charge in [0.1, 0.15) is 12.4 Å². The van der Waals surface area contributed by atoms with Crippen LogP contribution in [0.3, 0.4) is 0 Å². The van der Waals surface area contributed by atoms with E-state index in [4.69, 9.17) is 21.1 Å². The van der Waals surface area contributed by atoms with Crippen LogP contribution in [-0.2, 0) is 17.9 Å². The molecule has 192 valence electrons.